The van der Waals surface area contributed by atoms with E-state index in [4.69, 9.17) is 9.47 Å². The summed E-state index contributed by atoms with van der Waals surface area (Å²) in [6.07, 6.45) is 1.57. The van der Waals surface area contributed by atoms with Crippen LogP contribution in [0.3, 0.4) is 0 Å². The maximum absolute atomic E-state index is 14.0. The summed E-state index contributed by atoms with van der Waals surface area (Å²) in [6, 6.07) is 3.23. The van der Waals surface area contributed by atoms with Gasteiger partial charge in [0.25, 0.3) is 0 Å². The fourth-order valence-electron chi connectivity index (χ4n) is 2.85. The van der Waals surface area contributed by atoms with Crippen LogP contribution in [0.4, 0.5) is 8.78 Å². The third kappa shape index (κ3) is 5.37. The molecule has 0 bridgehead atoms. The van der Waals surface area contributed by atoms with E-state index < -0.39 is 11.6 Å². The van der Waals surface area contributed by atoms with Crippen LogP contribution in [0.5, 0.6) is 0 Å². The van der Waals surface area contributed by atoms with Crippen LogP contribution in [0.2, 0.25) is 0 Å². The third-order valence-electron chi connectivity index (χ3n) is 4.49. The lowest BCUT2D eigenvalue weighted by atomic mass is 9.94. The number of aliphatic imine (C=N–C) groups is 1. The Labute approximate surface area is 147 Å². The van der Waals surface area contributed by atoms with E-state index in [0.29, 0.717) is 37.8 Å². The topological polar surface area (TPSA) is 54.9 Å². The summed E-state index contributed by atoms with van der Waals surface area (Å²) in [4.78, 5) is 4.61. The number of nitrogens with one attached hydrogen (secondary N) is 2. The number of guanidine groups is 1. The molecule has 1 saturated heterocycles. The molecule has 0 radical (unpaired) electrons. The number of methoxy groups -OCH3 is 1. The normalized spacial score (nSPS) is 18.7. The first-order valence-corrected chi connectivity index (χ1v) is 8.62. The van der Waals surface area contributed by atoms with E-state index in [9.17, 15) is 8.78 Å². The molecule has 1 atom stereocenters. The molecule has 1 aromatic rings. The Kier molecular flexibility index (Phi) is 7.13. The van der Waals surface area contributed by atoms with Gasteiger partial charge in [0.1, 0.15) is 11.6 Å². The molecule has 1 aliphatic rings. The summed E-state index contributed by atoms with van der Waals surface area (Å²) in [5.41, 5.74) is 0.0600. The van der Waals surface area contributed by atoms with Gasteiger partial charge >= 0.3 is 0 Å². The zero-order valence-electron chi connectivity index (χ0n) is 15.1. The first-order valence-electron chi connectivity index (χ1n) is 8.62. The zero-order chi connectivity index (χ0) is 18.3. The van der Waals surface area contributed by atoms with Gasteiger partial charge in [-0.05, 0) is 19.9 Å². The average Bonchev–Trinajstić information content (AvgIpc) is 2.60. The standard InChI is InChI=1S/C18H27F2N3O2/c1-4-21-17(22-12-18(24-3)7-9-25-10-8-18)23-13(2)15-6-5-14(19)11-16(15)20/h5-6,11,13H,4,7-10,12H2,1-3H3,(H2,21,22,23). The van der Waals surface area contributed by atoms with Gasteiger partial charge in [0.15, 0.2) is 5.96 Å². The summed E-state index contributed by atoms with van der Waals surface area (Å²) in [6.45, 7) is 6.24. The van der Waals surface area contributed by atoms with Crippen LogP contribution in [-0.2, 0) is 9.47 Å². The van der Waals surface area contributed by atoms with E-state index >= 15 is 0 Å². The molecule has 0 amide bonds. The van der Waals surface area contributed by atoms with Crippen molar-refractivity contribution < 1.29 is 18.3 Å². The summed E-state index contributed by atoms with van der Waals surface area (Å²) in [7, 11) is 1.69. The van der Waals surface area contributed by atoms with Crippen molar-refractivity contribution in [3.63, 3.8) is 0 Å². The van der Waals surface area contributed by atoms with Crippen molar-refractivity contribution in [1.82, 2.24) is 10.6 Å². The van der Waals surface area contributed by atoms with Crippen LogP contribution in [0, 0.1) is 11.6 Å². The number of hydrogen-bond donors (Lipinski definition) is 2. The second-order valence-corrected chi connectivity index (χ2v) is 6.23. The van der Waals surface area contributed by atoms with Crippen LogP contribution < -0.4 is 10.6 Å². The third-order valence-corrected chi connectivity index (χ3v) is 4.49. The number of ether oxygens (including phenoxy) is 2. The second kappa shape index (κ2) is 9.10. The maximum Gasteiger partial charge on any atom is 0.191 e. The molecule has 25 heavy (non-hydrogen) atoms. The minimum Gasteiger partial charge on any atom is -0.381 e. The van der Waals surface area contributed by atoms with E-state index in [1.54, 1.807) is 7.11 Å². The van der Waals surface area contributed by atoms with Gasteiger partial charge < -0.3 is 20.1 Å². The molecule has 1 unspecified atom stereocenters. The molecule has 1 fully saturated rings. The predicted octanol–water partition coefficient (Wildman–Crippen LogP) is 2.78. The molecule has 2 N–H and O–H groups in total. The first-order chi connectivity index (χ1) is 12.0. The van der Waals surface area contributed by atoms with E-state index in [1.165, 1.54) is 12.1 Å². The average molecular weight is 355 g/mol. The van der Waals surface area contributed by atoms with Crippen LogP contribution in [0.1, 0.15) is 38.3 Å². The minimum absolute atomic E-state index is 0.328. The number of rotatable bonds is 6. The number of hydrogen-bond acceptors (Lipinski definition) is 3. The Balaban J connectivity index is 2.08. The Hall–Kier alpha value is -1.73. The van der Waals surface area contributed by atoms with Gasteiger partial charge in [0.2, 0.25) is 0 Å². The summed E-state index contributed by atoms with van der Waals surface area (Å²) in [5.74, 6) is -0.592. The Bertz CT molecular complexity index is 590. The summed E-state index contributed by atoms with van der Waals surface area (Å²) >= 11 is 0. The van der Waals surface area contributed by atoms with Gasteiger partial charge in [0, 0.05) is 51.3 Å². The molecule has 0 aliphatic carbocycles. The van der Waals surface area contributed by atoms with Crippen LogP contribution >= 0.6 is 0 Å². The number of halogens is 2. The van der Waals surface area contributed by atoms with Crippen LogP contribution in [0.15, 0.2) is 23.2 Å². The Morgan fingerprint density at radius 3 is 2.68 bits per heavy atom. The molecular weight excluding hydrogens is 328 g/mol. The molecule has 0 saturated carbocycles. The van der Waals surface area contributed by atoms with Gasteiger partial charge in [-0.15, -0.1) is 0 Å². The highest BCUT2D eigenvalue weighted by molar-refractivity contribution is 5.80. The van der Waals surface area contributed by atoms with Crippen molar-refractivity contribution in [2.24, 2.45) is 4.99 Å². The quantitative estimate of drug-likeness (QED) is 0.609. The Morgan fingerprint density at radius 2 is 2.08 bits per heavy atom. The van der Waals surface area contributed by atoms with Crippen molar-refractivity contribution in [1.29, 1.82) is 0 Å². The van der Waals surface area contributed by atoms with Gasteiger partial charge in [-0.25, -0.2) is 8.78 Å². The lowest BCUT2D eigenvalue weighted by molar-refractivity contribution is -0.0828. The molecule has 2 rings (SSSR count). The Morgan fingerprint density at radius 1 is 1.36 bits per heavy atom. The fraction of sp³-hybridized carbons (Fsp3) is 0.611. The maximum atomic E-state index is 14.0. The molecule has 1 heterocycles. The van der Waals surface area contributed by atoms with Gasteiger partial charge in [-0.2, -0.15) is 0 Å². The molecule has 0 aromatic heterocycles. The summed E-state index contributed by atoms with van der Waals surface area (Å²) in [5, 5.41) is 6.32. The van der Waals surface area contributed by atoms with E-state index in [1.807, 2.05) is 13.8 Å². The van der Waals surface area contributed by atoms with Crippen molar-refractivity contribution >= 4 is 5.96 Å². The van der Waals surface area contributed by atoms with E-state index in [-0.39, 0.29) is 11.6 Å². The largest absolute Gasteiger partial charge is 0.381 e. The van der Waals surface area contributed by atoms with Crippen molar-refractivity contribution in [3.8, 4) is 0 Å². The lowest BCUT2D eigenvalue weighted by Gasteiger charge is -2.34. The molecule has 1 aromatic carbocycles. The predicted molar refractivity (Wildman–Crippen MR) is 93.7 cm³/mol. The van der Waals surface area contributed by atoms with Gasteiger partial charge in [0.05, 0.1) is 18.2 Å². The highest BCUT2D eigenvalue weighted by Crippen LogP contribution is 2.25. The zero-order valence-corrected chi connectivity index (χ0v) is 15.1. The SMILES string of the molecule is CCNC(=NCC1(OC)CCOCC1)NC(C)c1ccc(F)cc1F. The highest BCUT2D eigenvalue weighted by atomic mass is 19.1. The molecule has 7 heteroatoms. The molecule has 140 valence electrons. The van der Waals surface area contributed by atoms with Crippen molar-refractivity contribution in [2.45, 2.75) is 38.3 Å². The van der Waals surface area contributed by atoms with Gasteiger partial charge in [-0.3, -0.25) is 4.99 Å². The lowest BCUT2D eigenvalue weighted by Crippen LogP contribution is -2.44. The van der Waals surface area contributed by atoms with Crippen LogP contribution in [-0.4, -0.2) is 45.0 Å². The fourth-order valence-corrected chi connectivity index (χ4v) is 2.85. The van der Waals surface area contributed by atoms with E-state index in [0.717, 1.165) is 18.9 Å². The number of nitrogens with zero attached hydrogens (tertiary/aromatic N) is 1. The number of benzene rings is 1. The molecule has 5 nitrogen and oxygen atoms in total. The molecular formula is C18H27F2N3O2. The van der Waals surface area contributed by atoms with Crippen molar-refractivity contribution in [2.75, 3.05) is 33.4 Å². The molecule has 0 spiro atoms. The second-order valence-electron chi connectivity index (χ2n) is 6.23. The minimum atomic E-state index is -0.587. The highest BCUT2D eigenvalue weighted by Gasteiger charge is 2.32. The smallest absolute Gasteiger partial charge is 0.191 e. The van der Waals surface area contributed by atoms with Gasteiger partial charge in [-0.1, -0.05) is 6.07 Å². The van der Waals surface area contributed by atoms with Crippen LogP contribution in [0.25, 0.3) is 0 Å². The monoisotopic (exact) mass is 355 g/mol. The van der Waals surface area contributed by atoms with Crippen molar-refractivity contribution in [3.05, 3.63) is 35.4 Å². The first kappa shape index (κ1) is 19.6. The summed E-state index contributed by atoms with van der Waals surface area (Å²) < 4.78 is 38.1. The molecule has 1 aliphatic heterocycles. The van der Waals surface area contributed by atoms with E-state index in [2.05, 4.69) is 15.6 Å².